The van der Waals surface area contributed by atoms with Crippen LogP contribution in [0.1, 0.15) is 0 Å². The number of carbonyl (C=O) groups is 2. The molecule has 0 spiro atoms. The predicted octanol–water partition coefficient (Wildman–Crippen LogP) is 0.549. The zero-order chi connectivity index (χ0) is 6.57. The molecule has 0 saturated carbocycles. The van der Waals surface area contributed by atoms with Crippen molar-refractivity contribution in [1.29, 1.82) is 0 Å². The molecule has 0 amide bonds. The summed E-state index contributed by atoms with van der Waals surface area (Å²) < 4.78 is -0.132. The molecule has 0 rings (SSSR count). The van der Waals surface area contributed by atoms with Crippen LogP contribution in [-0.2, 0) is 9.59 Å². The maximum absolute atomic E-state index is 10.1. The second-order valence-electron chi connectivity index (χ2n) is 0.959. The van der Waals surface area contributed by atoms with Crippen molar-refractivity contribution in [1.82, 2.24) is 0 Å². The number of carbonyl (C=O) groups excluding carboxylic acids is 2. The number of aliphatic hydroxyl groups is 1. The van der Waals surface area contributed by atoms with Crippen LogP contribution in [0, 0.1) is 0 Å². The standard InChI is InChI=1S/C4H3BrO3/c5-3(1-6)4(8)2-7/h1-2,6H/b3-1-. The summed E-state index contributed by atoms with van der Waals surface area (Å²) in [6, 6.07) is 0. The van der Waals surface area contributed by atoms with Crippen molar-refractivity contribution in [2.24, 2.45) is 0 Å². The molecule has 0 unspecified atom stereocenters. The molecule has 0 aliphatic rings. The first-order valence-corrected chi connectivity index (χ1v) is 2.51. The Morgan fingerprint density at radius 3 is 2.25 bits per heavy atom. The fourth-order valence-corrected chi connectivity index (χ4v) is 0.213. The van der Waals surface area contributed by atoms with Gasteiger partial charge in [-0.3, -0.25) is 9.59 Å². The van der Waals surface area contributed by atoms with E-state index in [-0.39, 0.29) is 10.8 Å². The van der Waals surface area contributed by atoms with E-state index in [1.807, 2.05) is 0 Å². The lowest BCUT2D eigenvalue weighted by Gasteiger charge is -1.81. The van der Waals surface area contributed by atoms with Crippen molar-refractivity contribution in [3.05, 3.63) is 10.7 Å². The molecule has 4 heteroatoms. The molecule has 0 radical (unpaired) electrons. The highest BCUT2D eigenvalue weighted by atomic mass is 79.9. The van der Waals surface area contributed by atoms with Crippen LogP contribution < -0.4 is 0 Å². The van der Waals surface area contributed by atoms with Crippen molar-refractivity contribution in [2.75, 3.05) is 0 Å². The molecule has 8 heavy (non-hydrogen) atoms. The normalized spacial score (nSPS) is 10.9. The van der Waals surface area contributed by atoms with Gasteiger partial charge in [-0.25, -0.2) is 0 Å². The highest BCUT2D eigenvalue weighted by Gasteiger charge is 2.01. The van der Waals surface area contributed by atoms with Crippen molar-refractivity contribution >= 4 is 28.0 Å². The fourth-order valence-electron chi connectivity index (χ4n) is 0.120. The summed E-state index contributed by atoms with van der Waals surface area (Å²) in [4.78, 5) is 19.7. The van der Waals surface area contributed by atoms with Crippen LogP contribution in [-0.4, -0.2) is 17.2 Å². The Kier molecular flexibility index (Phi) is 3.10. The molecular weight excluding hydrogens is 176 g/mol. The highest BCUT2D eigenvalue weighted by molar-refractivity contribution is 9.12. The van der Waals surface area contributed by atoms with Gasteiger partial charge < -0.3 is 5.11 Å². The lowest BCUT2D eigenvalue weighted by atomic mass is 10.4. The first kappa shape index (κ1) is 7.36. The van der Waals surface area contributed by atoms with Gasteiger partial charge in [0.2, 0.25) is 5.78 Å². The smallest absolute Gasteiger partial charge is 0.235 e. The summed E-state index contributed by atoms with van der Waals surface area (Å²) in [5, 5.41) is 8.05. The molecule has 0 fully saturated rings. The molecule has 0 saturated heterocycles. The van der Waals surface area contributed by atoms with E-state index < -0.39 is 5.78 Å². The van der Waals surface area contributed by atoms with Crippen LogP contribution in [0.2, 0.25) is 0 Å². The van der Waals surface area contributed by atoms with Crippen LogP contribution >= 0.6 is 15.9 Å². The molecule has 1 N–H and O–H groups in total. The number of hydrogen-bond donors (Lipinski definition) is 1. The van der Waals surface area contributed by atoms with E-state index in [4.69, 9.17) is 5.11 Å². The maximum atomic E-state index is 10.1. The molecule has 3 nitrogen and oxygen atoms in total. The molecular formula is C4H3BrO3. The zero-order valence-electron chi connectivity index (χ0n) is 3.80. The Hall–Kier alpha value is -0.640. The number of allylic oxidation sites excluding steroid dienone is 1. The van der Waals surface area contributed by atoms with E-state index >= 15 is 0 Å². The van der Waals surface area contributed by atoms with Gasteiger partial charge in [0.1, 0.15) is 4.48 Å². The minimum Gasteiger partial charge on any atom is -0.514 e. The molecule has 0 aliphatic heterocycles. The second kappa shape index (κ2) is 3.37. The van der Waals surface area contributed by atoms with E-state index in [2.05, 4.69) is 15.9 Å². The van der Waals surface area contributed by atoms with Gasteiger partial charge in [-0.2, -0.15) is 0 Å². The fraction of sp³-hybridized carbons (Fsp3) is 0. The van der Waals surface area contributed by atoms with Crippen molar-refractivity contribution in [2.45, 2.75) is 0 Å². The third-order valence-corrected chi connectivity index (χ3v) is 1.05. The van der Waals surface area contributed by atoms with Gasteiger partial charge in [-0.05, 0) is 15.9 Å². The van der Waals surface area contributed by atoms with E-state index in [1.54, 1.807) is 0 Å². The summed E-state index contributed by atoms with van der Waals surface area (Å²) in [6.45, 7) is 0. The van der Waals surface area contributed by atoms with Crippen molar-refractivity contribution in [3.63, 3.8) is 0 Å². The minimum atomic E-state index is -0.771. The topological polar surface area (TPSA) is 54.4 Å². The first-order valence-electron chi connectivity index (χ1n) is 1.71. The monoisotopic (exact) mass is 178 g/mol. The van der Waals surface area contributed by atoms with Crippen LogP contribution in [0.3, 0.4) is 0 Å². The maximum Gasteiger partial charge on any atom is 0.235 e. The number of aliphatic hydroxyl groups excluding tert-OH is 1. The first-order chi connectivity index (χ1) is 3.72. The summed E-state index contributed by atoms with van der Waals surface area (Å²) in [5.74, 6) is -0.771. The van der Waals surface area contributed by atoms with E-state index in [9.17, 15) is 9.59 Å². The molecule has 0 aromatic carbocycles. The number of aldehydes is 1. The summed E-state index contributed by atoms with van der Waals surface area (Å²) in [7, 11) is 0. The Bertz CT molecular complexity index is 138. The second-order valence-corrected chi connectivity index (χ2v) is 1.81. The van der Waals surface area contributed by atoms with Gasteiger partial charge in [-0.15, -0.1) is 0 Å². The van der Waals surface area contributed by atoms with Gasteiger partial charge in [0.05, 0.1) is 6.26 Å². The Morgan fingerprint density at radius 2 is 2.12 bits per heavy atom. The summed E-state index contributed by atoms with van der Waals surface area (Å²) >= 11 is 2.63. The molecule has 0 aromatic rings. The highest BCUT2D eigenvalue weighted by Crippen LogP contribution is 2.01. The van der Waals surface area contributed by atoms with E-state index in [0.717, 1.165) is 0 Å². The van der Waals surface area contributed by atoms with Crippen LogP contribution in [0.5, 0.6) is 0 Å². The van der Waals surface area contributed by atoms with Gasteiger partial charge in [-0.1, -0.05) is 0 Å². The number of ketones is 1. The van der Waals surface area contributed by atoms with Crippen LogP contribution in [0.15, 0.2) is 10.7 Å². The Labute approximate surface area is 54.1 Å². The zero-order valence-corrected chi connectivity index (χ0v) is 5.38. The van der Waals surface area contributed by atoms with E-state index in [0.29, 0.717) is 6.26 Å². The van der Waals surface area contributed by atoms with Crippen LogP contribution in [0.25, 0.3) is 0 Å². The van der Waals surface area contributed by atoms with Crippen LogP contribution in [0.4, 0.5) is 0 Å². The lowest BCUT2D eigenvalue weighted by Crippen LogP contribution is -1.96. The summed E-state index contributed by atoms with van der Waals surface area (Å²) in [6.07, 6.45) is 0.632. The summed E-state index contributed by atoms with van der Waals surface area (Å²) in [5.41, 5.74) is 0. The number of halogens is 1. The van der Waals surface area contributed by atoms with Crippen molar-refractivity contribution in [3.8, 4) is 0 Å². The third-order valence-electron chi connectivity index (χ3n) is 0.456. The minimum absolute atomic E-state index is 0.108. The lowest BCUT2D eigenvalue weighted by molar-refractivity contribution is -0.126. The average molecular weight is 179 g/mol. The van der Waals surface area contributed by atoms with Gasteiger partial charge in [0.25, 0.3) is 0 Å². The van der Waals surface area contributed by atoms with E-state index in [1.165, 1.54) is 0 Å². The average Bonchev–Trinajstić information content (AvgIpc) is 1.84. The number of Topliss-reactive ketones (excluding diaryl/α,β-unsaturated/α-hetero) is 1. The quantitative estimate of drug-likeness (QED) is 0.291. The predicted molar refractivity (Wildman–Crippen MR) is 30.7 cm³/mol. The Balaban J connectivity index is 4.03. The van der Waals surface area contributed by atoms with Gasteiger partial charge >= 0.3 is 0 Å². The molecule has 0 aromatic heterocycles. The molecule has 44 valence electrons. The largest absolute Gasteiger partial charge is 0.514 e. The third kappa shape index (κ3) is 1.88. The SMILES string of the molecule is O=CC(=O)/C(Br)=C/O. The van der Waals surface area contributed by atoms with Crippen molar-refractivity contribution < 1.29 is 14.7 Å². The Morgan fingerprint density at radius 1 is 1.62 bits per heavy atom. The molecule has 0 atom stereocenters. The number of hydrogen-bond acceptors (Lipinski definition) is 3. The van der Waals surface area contributed by atoms with Gasteiger partial charge in [0, 0.05) is 0 Å². The molecule has 0 bridgehead atoms. The van der Waals surface area contributed by atoms with Gasteiger partial charge in [0.15, 0.2) is 6.29 Å². The number of rotatable bonds is 2. The molecule has 0 heterocycles. The molecule has 0 aliphatic carbocycles.